The summed E-state index contributed by atoms with van der Waals surface area (Å²) in [5.74, 6) is -0.124. The number of piperidine rings is 1. The zero-order chi connectivity index (χ0) is 25.8. The summed E-state index contributed by atoms with van der Waals surface area (Å²) in [7, 11) is 5.03. The molecule has 4 rings (SSSR count). The van der Waals surface area contributed by atoms with Gasteiger partial charge in [-0.2, -0.15) is 0 Å². The molecule has 36 heavy (non-hydrogen) atoms. The fraction of sp³-hybridized carbons (Fsp3) is 0.423. The minimum absolute atomic E-state index is 0.0301. The SMILES string of the molecule is Bc1cc(C[C@@H](OC(=O)N2CCC(N3CCc4ccccc4NC3=O)CC2)C(=O)N(C)C)ccc1O. The summed E-state index contributed by atoms with van der Waals surface area (Å²) >= 11 is 0. The average molecular weight is 492 g/mol. The minimum Gasteiger partial charge on any atom is -0.509 e. The standard InChI is InChI=1S/C26H33BN4O5/c1-29(2)24(33)23(16-17-7-8-22(32)20(27)15-17)36-26(35)30-12-10-19(11-13-30)31-14-9-18-5-3-4-6-21(18)28-25(31)34/h3-8,15,19,23,32H,9-14,16,27H2,1-2H3,(H,28,34)/t23-/m1/s1. The molecule has 0 spiro atoms. The van der Waals surface area contributed by atoms with Crippen molar-refractivity contribution in [1.82, 2.24) is 14.7 Å². The lowest BCUT2D eigenvalue weighted by Gasteiger charge is -2.37. The first-order chi connectivity index (χ1) is 17.2. The van der Waals surface area contributed by atoms with E-state index in [2.05, 4.69) is 5.32 Å². The number of benzene rings is 2. The van der Waals surface area contributed by atoms with Gasteiger partial charge in [0.05, 0.1) is 0 Å². The molecule has 2 N–H and O–H groups in total. The van der Waals surface area contributed by atoms with E-state index in [0.717, 1.165) is 23.2 Å². The lowest BCUT2D eigenvalue weighted by molar-refractivity contribution is -0.138. The van der Waals surface area contributed by atoms with Crippen LogP contribution in [0.2, 0.25) is 0 Å². The molecule has 0 saturated carbocycles. The molecule has 2 aromatic carbocycles. The third-order valence-electron chi connectivity index (χ3n) is 6.95. The number of carbonyl (C=O) groups excluding carboxylic acids is 3. The number of carbonyl (C=O) groups is 3. The Hall–Kier alpha value is -3.69. The van der Waals surface area contributed by atoms with Crippen molar-refractivity contribution in [2.24, 2.45) is 0 Å². The van der Waals surface area contributed by atoms with Crippen LogP contribution >= 0.6 is 0 Å². The number of urea groups is 1. The van der Waals surface area contributed by atoms with E-state index in [0.29, 0.717) is 37.9 Å². The van der Waals surface area contributed by atoms with Crippen molar-refractivity contribution in [3.8, 4) is 5.75 Å². The number of nitrogens with zero attached hydrogens (tertiary/aromatic N) is 3. The first-order valence-electron chi connectivity index (χ1n) is 12.3. The number of anilines is 1. The predicted molar refractivity (Wildman–Crippen MR) is 139 cm³/mol. The fourth-order valence-electron chi connectivity index (χ4n) is 4.82. The van der Waals surface area contributed by atoms with Crippen LogP contribution in [-0.4, -0.2) is 91.6 Å². The van der Waals surface area contributed by atoms with Crippen molar-refractivity contribution in [3.63, 3.8) is 0 Å². The Labute approximate surface area is 212 Å². The van der Waals surface area contributed by atoms with E-state index < -0.39 is 12.2 Å². The highest BCUT2D eigenvalue weighted by molar-refractivity contribution is 6.34. The van der Waals surface area contributed by atoms with Crippen molar-refractivity contribution in [3.05, 3.63) is 53.6 Å². The molecule has 0 aromatic heterocycles. The number of rotatable bonds is 5. The van der Waals surface area contributed by atoms with Gasteiger partial charge in [0.2, 0.25) is 0 Å². The second-order valence-corrected chi connectivity index (χ2v) is 9.68. The van der Waals surface area contributed by atoms with Crippen LogP contribution < -0.4 is 10.8 Å². The Morgan fingerprint density at radius 2 is 1.89 bits per heavy atom. The maximum atomic E-state index is 13.0. The summed E-state index contributed by atoms with van der Waals surface area (Å²) < 4.78 is 5.69. The highest BCUT2D eigenvalue weighted by Gasteiger charge is 2.33. The Morgan fingerprint density at radius 1 is 1.17 bits per heavy atom. The van der Waals surface area contributed by atoms with Crippen LogP contribution in [0.3, 0.4) is 0 Å². The lowest BCUT2D eigenvalue weighted by atomic mass is 9.91. The molecule has 9 nitrogen and oxygen atoms in total. The van der Waals surface area contributed by atoms with Crippen LogP contribution in [0.15, 0.2) is 42.5 Å². The van der Waals surface area contributed by atoms with Gasteiger partial charge < -0.3 is 29.9 Å². The molecular weight excluding hydrogens is 459 g/mol. The molecule has 4 amide bonds. The Kier molecular flexibility index (Phi) is 7.71. The van der Waals surface area contributed by atoms with Crippen LogP contribution in [0, 0.1) is 0 Å². The van der Waals surface area contributed by atoms with E-state index >= 15 is 0 Å². The van der Waals surface area contributed by atoms with Gasteiger partial charge in [-0.3, -0.25) is 4.79 Å². The highest BCUT2D eigenvalue weighted by atomic mass is 16.6. The highest BCUT2D eigenvalue weighted by Crippen LogP contribution is 2.25. The molecule has 0 aliphatic carbocycles. The maximum Gasteiger partial charge on any atom is 0.410 e. The number of amides is 4. The molecular formula is C26H33BN4O5. The number of hydrogen-bond acceptors (Lipinski definition) is 5. The normalized spacial score (nSPS) is 17.0. The molecule has 10 heteroatoms. The molecule has 0 radical (unpaired) electrons. The van der Waals surface area contributed by atoms with Gasteiger partial charge >= 0.3 is 12.1 Å². The van der Waals surface area contributed by atoms with Crippen LogP contribution in [0.1, 0.15) is 24.0 Å². The van der Waals surface area contributed by atoms with E-state index in [9.17, 15) is 19.5 Å². The van der Waals surface area contributed by atoms with Crippen molar-refractivity contribution < 1.29 is 24.2 Å². The summed E-state index contributed by atoms with van der Waals surface area (Å²) in [5, 5.41) is 12.8. The summed E-state index contributed by atoms with van der Waals surface area (Å²) in [5.41, 5.74) is 3.46. The van der Waals surface area contributed by atoms with E-state index in [-0.39, 0.29) is 30.2 Å². The number of phenolic OH excluding ortho intramolecular Hbond substituents is 1. The number of aromatic hydroxyl groups is 1. The van der Waals surface area contributed by atoms with Gasteiger partial charge in [0.25, 0.3) is 5.91 Å². The van der Waals surface area contributed by atoms with E-state index in [1.807, 2.05) is 29.2 Å². The average Bonchev–Trinajstić information content (AvgIpc) is 3.03. The van der Waals surface area contributed by atoms with Crippen molar-refractivity contribution in [2.75, 3.05) is 39.0 Å². The number of hydrogen-bond donors (Lipinski definition) is 2. The molecule has 2 aliphatic rings. The molecule has 1 saturated heterocycles. The van der Waals surface area contributed by atoms with Crippen LogP contribution in [0.4, 0.5) is 15.3 Å². The zero-order valence-corrected chi connectivity index (χ0v) is 21.1. The summed E-state index contributed by atoms with van der Waals surface area (Å²) in [6.45, 7) is 1.52. The Balaban J connectivity index is 1.36. The Bertz CT molecular complexity index is 1130. The largest absolute Gasteiger partial charge is 0.509 e. The van der Waals surface area contributed by atoms with Crippen molar-refractivity contribution in [2.45, 2.75) is 37.8 Å². The molecule has 0 bridgehead atoms. The number of phenols is 1. The molecule has 0 unspecified atom stereocenters. The first kappa shape index (κ1) is 25.4. The minimum atomic E-state index is -0.968. The molecule has 1 fully saturated rings. The van der Waals surface area contributed by atoms with Crippen molar-refractivity contribution >= 4 is 37.0 Å². The van der Waals surface area contributed by atoms with Crippen LogP contribution in [0.5, 0.6) is 5.75 Å². The lowest BCUT2D eigenvalue weighted by Crippen LogP contribution is -2.51. The first-order valence-corrected chi connectivity index (χ1v) is 12.3. The molecule has 1 atom stereocenters. The second-order valence-electron chi connectivity index (χ2n) is 9.68. The molecule has 2 heterocycles. The maximum absolute atomic E-state index is 13.0. The second kappa shape index (κ2) is 10.9. The third-order valence-corrected chi connectivity index (χ3v) is 6.95. The van der Waals surface area contributed by atoms with Gasteiger partial charge in [-0.15, -0.1) is 0 Å². The monoisotopic (exact) mass is 492 g/mol. The van der Waals surface area contributed by atoms with Crippen LogP contribution in [0.25, 0.3) is 0 Å². The van der Waals surface area contributed by atoms with E-state index in [1.54, 1.807) is 45.0 Å². The Morgan fingerprint density at radius 3 is 2.58 bits per heavy atom. The van der Waals surface area contributed by atoms with Gasteiger partial charge in [0, 0.05) is 51.9 Å². The third kappa shape index (κ3) is 5.75. The van der Waals surface area contributed by atoms with E-state index in [4.69, 9.17) is 4.74 Å². The van der Waals surface area contributed by atoms with E-state index in [1.165, 1.54) is 4.90 Å². The smallest absolute Gasteiger partial charge is 0.410 e. The number of nitrogens with one attached hydrogen (secondary N) is 1. The van der Waals surface area contributed by atoms with Gasteiger partial charge in [-0.25, -0.2) is 9.59 Å². The quantitative estimate of drug-likeness (QED) is 0.614. The number of likely N-dealkylation sites (tertiary alicyclic amines) is 1. The molecule has 2 aromatic rings. The number of fused-ring (bicyclic) bond motifs is 1. The fourth-order valence-corrected chi connectivity index (χ4v) is 4.82. The summed E-state index contributed by atoms with van der Waals surface area (Å²) in [6, 6.07) is 12.8. The zero-order valence-electron chi connectivity index (χ0n) is 21.1. The summed E-state index contributed by atoms with van der Waals surface area (Å²) in [4.78, 5) is 43.5. The topological polar surface area (TPSA) is 102 Å². The predicted octanol–water partition coefficient (Wildman–Crippen LogP) is 1.34. The number of ether oxygens (including phenoxy) is 1. The van der Waals surface area contributed by atoms with Crippen LogP contribution in [-0.2, 0) is 22.4 Å². The summed E-state index contributed by atoms with van der Waals surface area (Å²) in [6.07, 6.45) is 0.780. The number of likely N-dealkylation sites (N-methyl/N-ethyl adjacent to an activating group) is 1. The number of para-hydroxylation sites is 1. The van der Waals surface area contributed by atoms with Gasteiger partial charge in [-0.05, 0) is 48.0 Å². The van der Waals surface area contributed by atoms with Crippen molar-refractivity contribution in [1.29, 1.82) is 0 Å². The molecule has 190 valence electrons. The molecule has 2 aliphatic heterocycles. The van der Waals surface area contributed by atoms with Gasteiger partial charge in [-0.1, -0.05) is 30.3 Å². The van der Waals surface area contributed by atoms with Gasteiger partial charge in [0.15, 0.2) is 6.10 Å². The van der Waals surface area contributed by atoms with Gasteiger partial charge in [0.1, 0.15) is 13.6 Å².